The van der Waals surface area contributed by atoms with Crippen molar-refractivity contribution >= 4 is 44.7 Å². The number of hydrogen-bond acceptors (Lipinski definition) is 2. The van der Waals surface area contributed by atoms with Crippen LogP contribution >= 0.6 is 27.5 Å². The molecule has 0 fully saturated rings. The number of aldehydes is 1. The van der Waals surface area contributed by atoms with Gasteiger partial charge in [0.2, 0.25) is 0 Å². The van der Waals surface area contributed by atoms with Crippen molar-refractivity contribution in [2.45, 2.75) is 0 Å². The van der Waals surface area contributed by atoms with Gasteiger partial charge < -0.3 is 0 Å². The van der Waals surface area contributed by atoms with Gasteiger partial charge >= 0.3 is 0 Å². The molecule has 0 aliphatic carbocycles. The Kier molecular flexibility index (Phi) is 2.52. The first-order chi connectivity index (χ1) is 6.72. The van der Waals surface area contributed by atoms with E-state index >= 15 is 0 Å². The van der Waals surface area contributed by atoms with Gasteiger partial charge in [-0.25, -0.2) is 4.98 Å². The largest absolute Gasteiger partial charge is 0.298 e. The van der Waals surface area contributed by atoms with Crippen molar-refractivity contribution in [3.8, 4) is 0 Å². The quantitative estimate of drug-likeness (QED) is 0.587. The molecule has 0 aliphatic heterocycles. The predicted octanol–water partition coefficient (Wildman–Crippen LogP) is 3.46. The van der Waals surface area contributed by atoms with Crippen molar-refractivity contribution in [3.05, 3.63) is 39.5 Å². The molecule has 0 saturated heterocycles. The summed E-state index contributed by atoms with van der Waals surface area (Å²) in [6.07, 6.45) is 0.703. The number of nitrogens with zero attached hydrogens (tertiary/aromatic N) is 1. The van der Waals surface area contributed by atoms with E-state index in [9.17, 15) is 4.79 Å². The molecule has 0 aliphatic rings. The number of rotatable bonds is 1. The lowest BCUT2D eigenvalue weighted by Gasteiger charge is -2.01. The van der Waals surface area contributed by atoms with Crippen LogP contribution in [-0.4, -0.2) is 11.3 Å². The molecule has 0 spiro atoms. The molecule has 70 valence electrons. The summed E-state index contributed by atoms with van der Waals surface area (Å²) in [4.78, 5) is 14.8. The summed E-state index contributed by atoms with van der Waals surface area (Å²) in [7, 11) is 0. The molecule has 0 amide bonds. The fraction of sp³-hybridized carbons (Fsp3) is 0. The lowest BCUT2D eigenvalue weighted by atomic mass is 10.2. The van der Waals surface area contributed by atoms with Gasteiger partial charge in [0.25, 0.3) is 0 Å². The topological polar surface area (TPSA) is 30.0 Å². The van der Waals surface area contributed by atoms with Crippen LogP contribution in [0.5, 0.6) is 0 Å². The Hall–Kier alpha value is -0.930. The Bertz CT molecular complexity index is 513. The van der Waals surface area contributed by atoms with Gasteiger partial charge in [0.1, 0.15) is 5.15 Å². The summed E-state index contributed by atoms with van der Waals surface area (Å²) in [6, 6.07) is 7.34. The highest BCUT2D eigenvalue weighted by atomic mass is 79.9. The minimum Gasteiger partial charge on any atom is -0.298 e. The average molecular weight is 271 g/mol. The molecule has 0 atom stereocenters. The summed E-state index contributed by atoms with van der Waals surface area (Å²) in [5, 5.41) is 1.13. The first-order valence-electron chi connectivity index (χ1n) is 3.92. The first kappa shape index (κ1) is 9.62. The molecule has 1 heterocycles. The summed E-state index contributed by atoms with van der Waals surface area (Å²) < 4.78 is 0.905. The van der Waals surface area contributed by atoms with E-state index in [1.54, 1.807) is 6.07 Å². The van der Waals surface area contributed by atoms with Crippen molar-refractivity contribution < 1.29 is 4.79 Å². The fourth-order valence-corrected chi connectivity index (χ4v) is 1.89. The minimum atomic E-state index is 0.241. The van der Waals surface area contributed by atoms with Crippen LogP contribution in [0.3, 0.4) is 0 Å². The first-order valence-corrected chi connectivity index (χ1v) is 5.09. The SMILES string of the molecule is O=Cc1cc2c(Br)cccc2nc1Cl. The third-order valence-electron chi connectivity index (χ3n) is 1.91. The van der Waals surface area contributed by atoms with Gasteiger partial charge in [0, 0.05) is 9.86 Å². The summed E-state index contributed by atoms with van der Waals surface area (Å²) >= 11 is 9.18. The molecule has 0 saturated carbocycles. The number of hydrogen-bond donors (Lipinski definition) is 0. The zero-order valence-corrected chi connectivity index (χ0v) is 9.34. The van der Waals surface area contributed by atoms with Crippen LogP contribution in [0.15, 0.2) is 28.7 Å². The van der Waals surface area contributed by atoms with Gasteiger partial charge in [0.15, 0.2) is 6.29 Å². The molecule has 2 aromatic rings. The smallest absolute Gasteiger partial charge is 0.153 e. The van der Waals surface area contributed by atoms with E-state index in [-0.39, 0.29) is 5.15 Å². The van der Waals surface area contributed by atoms with Crippen molar-refractivity contribution in [3.63, 3.8) is 0 Å². The number of carbonyl (C=O) groups is 1. The van der Waals surface area contributed by atoms with Crippen LogP contribution in [0.1, 0.15) is 10.4 Å². The lowest BCUT2D eigenvalue weighted by Crippen LogP contribution is -1.88. The van der Waals surface area contributed by atoms with Gasteiger partial charge in [-0.1, -0.05) is 33.6 Å². The van der Waals surface area contributed by atoms with Crippen molar-refractivity contribution in [1.82, 2.24) is 4.98 Å². The highest BCUT2D eigenvalue weighted by Gasteiger charge is 2.05. The highest BCUT2D eigenvalue weighted by Crippen LogP contribution is 2.25. The minimum absolute atomic E-state index is 0.241. The Balaban J connectivity index is 2.86. The van der Waals surface area contributed by atoms with Crippen LogP contribution in [0.2, 0.25) is 5.15 Å². The maximum Gasteiger partial charge on any atom is 0.153 e. The molecule has 0 unspecified atom stereocenters. The van der Waals surface area contributed by atoms with Gasteiger partial charge in [-0.3, -0.25) is 4.79 Å². The molecule has 2 rings (SSSR count). The zero-order valence-electron chi connectivity index (χ0n) is 7.00. The van der Waals surface area contributed by atoms with Gasteiger partial charge in [-0.2, -0.15) is 0 Å². The van der Waals surface area contributed by atoms with Crippen molar-refractivity contribution in [2.75, 3.05) is 0 Å². The van der Waals surface area contributed by atoms with E-state index < -0.39 is 0 Å². The van der Waals surface area contributed by atoms with E-state index in [4.69, 9.17) is 11.6 Å². The Morgan fingerprint density at radius 3 is 2.93 bits per heavy atom. The van der Waals surface area contributed by atoms with Crippen LogP contribution in [0.25, 0.3) is 10.9 Å². The number of halogens is 2. The molecule has 0 radical (unpaired) electrons. The third kappa shape index (κ3) is 1.53. The van der Waals surface area contributed by atoms with E-state index in [1.807, 2.05) is 18.2 Å². The maximum absolute atomic E-state index is 10.6. The number of fused-ring (bicyclic) bond motifs is 1. The Morgan fingerprint density at radius 2 is 2.21 bits per heavy atom. The fourth-order valence-electron chi connectivity index (χ4n) is 1.23. The number of benzene rings is 1. The highest BCUT2D eigenvalue weighted by molar-refractivity contribution is 9.10. The third-order valence-corrected chi connectivity index (χ3v) is 2.91. The number of pyridine rings is 1. The second kappa shape index (κ2) is 3.67. The van der Waals surface area contributed by atoms with Crippen LogP contribution in [0.4, 0.5) is 0 Å². The molecule has 0 N–H and O–H groups in total. The lowest BCUT2D eigenvalue weighted by molar-refractivity contribution is 0.112. The monoisotopic (exact) mass is 269 g/mol. The molecule has 1 aromatic carbocycles. The molecular weight excluding hydrogens is 265 g/mol. The van der Waals surface area contributed by atoms with Crippen molar-refractivity contribution in [1.29, 1.82) is 0 Å². The predicted molar refractivity (Wildman–Crippen MR) is 59.8 cm³/mol. The zero-order chi connectivity index (χ0) is 10.1. The second-order valence-corrected chi connectivity index (χ2v) is 4.01. The molecule has 1 aromatic heterocycles. The second-order valence-electron chi connectivity index (χ2n) is 2.79. The summed E-state index contributed by atoms with van der Waals surface area (Å²) in [6.45, 7) is 0. The molecule has 2 nitrogen and oxygen atoms in total. The molecule has 4 heteroatoms. The van der Waals surface area contributed by atoms with E-state index in [1.165, 1.54) is 0 Å². The average Bonchev–Trinajstić information content (AvgIpc) is 2.17. The standard InChI is InChI=1S/C10H5BrClNO/c11-8-2-1-3-9-7(8)4-6(5-14)10(12)13-9/h1-5H. The van der Waals surface area contributed by atoms with Crippen LogP contribution < -0.4 is 0 Å². The van der Waals surface area contributed by atoms with Crippen molar-refractivity contribution in [2.24, 2.45) is 0 Å². The number of carbonyl (C=O) groups excluding carboxylic acids is 1. The van der Waals surface area contributed by atoms with Gasteiger partial charge in [0.05, 0.1) is 11.1 Å². The summed E-state index contributed by atoms with van der Waals surface area (Å²) in [5.74, 6) is 0. The normalized spacial score (nSPS) is 10.4. The summed E-state index contributed by atoms with van der Waals surface area (Å²) in [5.41, 5.74) is 1.18. The molecular formula is C10H5BrClNO. The van der Waals surface area contributed by atoms with E-state index in [0.717, 1.165) is 15.4 Å². The Labute approximate surface area is 94.0 Å². The van der Waals surface area contributed by atoms with E-state index in [2.05, 4.69) is 20.9 Å². The van der Waals surface area contributed by atoms with Gasteiger partial charge in [-0.05, 0) is 18.2 Å². The van der Waals surface area contributed by atoms with Crippen LogP contribution in [-0.2, 0) is 0 Å². The van der Waals surface area contributed by atoms with Crippen LogP contribution in [0, 0.1) is 0 Å². The molecule has 0 bridgehead atoms. The molecule has 14 heavy (non-hydrogen) atoms. The Morgan fingerprint density at radius 1 is 1.43 bits per heavy atom. The van der Waals surface area contributed by atoms with Gasteiger partial charge in [-0.15, -0.1) is 0 Å². The van der Waals surface area contributed by atoms with E-state index in [0.29, 0.717) is 11.8 Å². The maximum atomic E-state index is 10.6. The number of aromatic nitrogens is 1.